The standard InChI is InChI=1S/C20H17N3O6S5.2C2H4.Na/c1-11(19-23(10-34(27,28)29)20-17(32-19)21-12(2)30-20)18-22(9-33(24,25)26)15-8-7-13-5-3-4-6-14(13)16(15)31-18;2*1-2;/h3-8H,9-10H2,1-2H3,(H-,24,25,26,27,28,29);2*1-2H2;/q;;;+1/p-1. The molecule has 0 N–H and O–H groups in total. The maximum Gasteiger partial charge on any atom is 1.00 e. The van der Waals surface area contributed by atoms with Crippen LogP contribution in [0.4, 0.5) is 5.69 Å². The smallest absolute Gasteiger partial charge is 0.747 e. The zero-order chi connectivity index (χ0) is 28.4. The Labute approximate surface area is 262 Å². The number of benzene rings is 2. The van der Waals surface area contributed by atoms with Gasteiger partial charge in [0.25, 0.3) is 5.01 Å². The van der Waals surface area contributed by atoms with Gasteiger partial charge in [-0.3, -0.25) is 0 Å². The summed E-state index contributed by atoms with van der Waals surface area (Å²) in [5.74, 6) is -1.57. The number of hydrogen-bond donors (Lipinski definition) is 0. The molecule has 0 atom stereocenters. The number of thioether (sulfide) groups is 1. The molecule has 0 spiro atoms. The summed E-state index contributed by atoms with van der Waals surface area (Å²) in [7, 11) is -9.27. The van der Waals surface area contributed by atoms with Crippen LogP contribution in [0, 0.1) is 6.92 Å². The largest absolute Gasteiger partial charge is 1.00 e. The number of rotatable bonds is 5. The van der Waals surface area contributed by atoms with Crippen LogP contribution in [0.15, 0.2) is 72.6 Å². The second-order valence-corrected chi connectivity index (χ2v) is 13.6. The Balaban J connectivity index is 0.00000102. The summed E-state index contributed by atoms with van der Waals surface area (Å²) in [4.78, 5) is 7.78. The minimum atomic E-state index is -4.64. The molecule has 1 aliphatic heterocycles. The van der Waals surface area contributed by atoms with Crippen LogP contribution in [-0.4, -0.2) is 36.8 Å². The normalized spacial score (nSPS) is 14.1. The van der Waals surface area contributed by atoms with Gasteiger partial charge in [0.2, 0.25) is 10.7 Å². The maximum atomic E-state index is 11.8. The molecule has 9 nitrogen and oxygen atoms in total. The molecule has 0 saturated carbocycles. The molecule has 202 valence electrons. The molecule has 5 rings (SSSR count). The Bertz CT molecular complexity index is 1760. The van der Waals surface area contributed by atoms with Gasteiger partial charge in [-0.1, -0.05) is 53.4 Å². The molecule has 2 aromatic heterocycles. The third-order valence-corrected chi connectivity index (χ3v) is 10.0. The second kappa shape index (κ2) is 13.4. The van der Waals surface area contributed by atoms with Crippen molar-refractivity contribution in [3.63, 3.8) is 0 Å². The minimum absolute atomic E-state index is 0. The zero-order valence-electron chi connectivity index (χ0n) is 21.5. The molecule has 0 saturated heterocycles. The van der Waals surface area contributed by atoms with Crippen molar-refractivity contribution in [1.29, 1.82) is 0 Å². The number of allylic oxidation sites excluding steroid dienone is 1. The molecule has 39 heavy (non-hydrogen) atoms. The fourth-order valence-electron chi connectivity index (χ4n) is 3.90. The van der Waals surface area contributed by atoms with E-state index in [1.807, 2.05) is 30.3 Å². The van der Waals surface area contributed by atoms with E-state index in [4.69, 9.17) is 0 Å². The minimum Gasteiger partial charge on any atom is -0.747 e. The van der Waals surface area contributed by atoms with Crippen molar-refractivity contribution in [3.8, 4) is 0 Å². The summed E-state index contributed by atoms with van der Waals surface area (Å²) in [6, 6.07) is 11.3. The average Bonchev–Trinajstić information content (AvgIpc) is 3.51. The number of thiazole rings is 2. The molecular weight excluding hydrogens is 610 g/mol. The third-order valence-electron chi connectivity index (χ3n) is 5.18. The van der Waals surface area contributed by atoms with Crippen molar-refractivity contribution in [3.05, 3.63) is 77.8 Å². The summed E-state index contributed by atoms with van der Waals surface area (Å²) in [5, 5.41) is 3.53. The fraction of sp³-hybridized carbons (Fsp3) is 0.167. The molecule has 4 aromatic rings. The van der Waals surface area contributed by atoms with Gasteiger partial charge in [0.05, 0.1) is 21.3 Å². The number of aromatic nitrogens is 2. The van der Waals surface area contributed by atoms with Gasteiger partial charge in [0, 0.05) is 4.90 Å². The van der Waals surface area contributed by atoms with Gasteiger partial charge in [-0.05, 0) is 42.0 Å². The van der Waals surface area contributed by atoms with Crippen LogP contribution in [0.25, 0.3) is 26.0 Å². The SMILES string of the molecule is C/C(=C1\Sc2c(ccc3ccccc23)N1CS(=O)(=O)[O-])c1sc2nc(C)sc2[n+]1CS(=O)(=O)[O-].C=C.C=C.[Na+]. The Morgan fingerprint density at radius 2 is 1.64 bits per heavy atom. The monoisotopic (exact) mass is 633 g/mol. The summed E-state index contributed by atoms with van der Waals surface area (Å²) in [6.07, 6.45) is 0. The van der Waals surface area contributed by atoms with Crippen LogP contribution in [-0.2, 0) is 26.1 Å². The van der Waals surface area contributed by atoms with Crippen LogP contribution >= 0.6 is 34.4 Å². The van der Waals surface area contributed by atoms with Crippen LogP contribution in [0.1, 0.15) is 16.9 Å². The van der Waals surface area contributed by atoms with Gasteiger partial charge in [0.1, 0.15) is 16.0 Å². The van der Waals surface area contributed by atoms with Crippen LogP contribution in [0.5, 0.6) is 0 Å². The van der Waals surface area contributed by atoms with E-state index in [0.29, 0.717) is 31.0 Å². The van der Waals surface area contributed by atoms with E-state index in [1.54, 1.807) is 19.9 Å². The fourth-order valence-corrected chi connectivity index (χ4v) is 8.92. The van der Waals surface area contributed by atoms with E-state index in [9.17, 15) is 25.9 Å². The third kappa shape index (κ3) is 7.38. The van der Waals surface area contributed by atoms with Crippen molar-refractivity contribution in [2.45, 2.75) is 24.6 Å². The molecule has 0 aliphatic carbocycles. The van der Waals surface area contributed by atoms with Gasteiger partial charge >= 0.3 is 34.4 Å². The van der Waals surface area contributed by atoms with Crippen molar-refractivity contribution in [1.82, 2.24) is 4.98 Å². The van der Waals surface area contributed by atoms with Gasteiger partial charge in [-0.2, -0.15) is 4.57 Å². The topological polar surface area (TPSA) is 134 Å². The molecule has 0 radical (unpaired) electrons. The summed E-state index contributed by atoms with van der Waals surface area (Å²) in [5.41, 5.74) is 1.12. The zero-order valence-corrected chi connectivity index (χ0v) is 27.6. The number of nitrogens with zero attached hydrogens (tertiary/aromatic N) is 3. The molecule has 1 aliphatic rings. The van der Waals surface area contributed by atoms with E-state index in [0.717, 1.165) is 20.7 Å². The van der Waals surface area contributed by atoms with Crippen molar-refractivity contribution in [2.75, 3.05) is 10.8 Å². The van der Waals surface area contributed by atoms with E-state index in [1.165, 1.54) is 43.9 Å². The molecular formula is C24H24N3NaO6S5. The Morgan fingerprint density at radius 1 is 1.00 bits per heavy atom. The van der Waals surface area contributed by atoms with Crippen molar-refractivity contribution in [2.24, 2.45) is 0 Å². The Morgan fingerprint density at radius 3 is 2.26 bits per heavy atom. The molecule has 0 bridgehead atoms. The summed E-state index contributed by atoms with van der Waals surface area (Å²) in [6.45, 7) is 15.5. The first kappa shape index (κ1) is 33.6. The first-order valence-electron chi connectivity index (χ1n) is 10.8. The van der Waals surface area contributed by atoms with E-state index in [2.05, 4.69) is 31.3 Å². The van der Waals surface area contributed by atoms with E-state index < -0.39 is 32.0 Å². The van der Waals surface area contributed by atoms with Crippen LogP contribution in [0.3, 0.4) is 0 Å². The second-order valence-electron chi connectivity index (χ2n) is 7.65. The average molecular weight is 634 g/mol. The molecule has 0 unspecified atom stereocenters. The van der Waals surface area contributed by atoms with E-state index in [-0.39, 0.29) is 29.6 Å². The number of anilines is 1. The van der Waals surface area contributed by atoms with Crippen molar-refractivity contribution < 1.29 is 60.1 Å². The first-order chi connectivity index (χ1) is 17.9. The number of fused-ring (bicyclic) bond motifs is 4. The Hall–Kier alpha value is -1.59. The van der Waals surface area contributed by atoms with Gasteiger partial charge < -0.3 is 14.0 Å². The molecule has 2 aromatic carbocycles. The Kier molecular flexibility index (Phi) is 11.5. The molecule has 15 heteroatoms. The van der Waals surface area contributed by atoms with E-state index >= 15 is 0 Å². The van der Waals surface area contributed by atoms with Crippen molar-refractivity contribution >= 4 is 86.4 Å². The van der Waals surface area contributed by atoms with Gasteiger partial charge in [-0.25, -0.2) is 21.8 Å². The predicted molar refractivity (Wildman–Crippen MR) is 154 cm³/mol. The van der Waals surface area contributed by atoms with Crippen LogP contribution < -0.4 is 39.0 Å². The quantitative estimate of drug-likeness (QED) is 0.140. The molecule has 0 amide bonds. The summed E-state index contributed by atoms with van der Waals surface area (Å²) < 4.78 is 71.8. The van der Waals surface area contributed by atoms with Gasteiger partial charge in [0.15, 0.2) is 10.1 Å². The predicted octanol–water partition coefficient (Wildman–Crippen LogP) is 2.02. The first-order valence-corrected chi connectivity index (χ1v) is 16.4. The number of hydrogen-bond acceptors (Lipinski definition) is 11. The van der Waals surface area contributed by atoms with Gasteiger partial charge in [-0.15, -0.1) is 26.3 Å². The van der Waals surface area contributed by atoms with Crippen LogP contribution in [0.2, 0.25) is 0 Å². The number of aryl methyl sites for hydroxylation is 1. The molecule has 3 heterocycles. The summed E-state index contributed by atoms with van der Waals surface area (Å²) >= 11 is 3.80. The molecule has 0 fully saturated rings. The maximum absolute atomic E-state index is 11.8.